The van der Waals surface area contributed by atoms with Gasteiger partial charge < -0.3 is 4.79 Å². The zero-order valence-corrected chi connectivity index (χ0v) is 9.52. The maximum atomic E-state index is 10.8. The number of rotatable bonds is 4. The molecule has 3 nitrogen and oxygen atoms in total. The molecule has 0 bridgehead atoms. The van der Waals surface area contributed by atoms with Crippen molar-refractivity contribution in [1.82, 2.24) is 9.97 Å². The molecule has 1 aromatic heterocycles. The number of aryl methyl sites for hydroxylation is 2. The van der Waals surface area contributed by atoms with E-state index in [-0.39, 0.29) is 5.78 Å². The lowest BCUT2D eigenvalue weighted by Gasteiger charge is -2.02. The number of Topliss-reactive ketones (excluding diaryl/α,β-unsaturated/α-hetero) is 1. The fourth-order valence-electron chi connectivity index (χ4n) is 1.13. The van der Waals surface area contributed by atoms with E-state index in [4.69, 9.17) is 0 Å². The summed E-state index contributed by atoms with van der Waals surface area (Å²) < 4.78 is 0. The number of nitrogens with zero attached hydrogens (tertiary/aromatic N) is 2. The minimum absolute atomic E-state index is 0.201. The van der Waals surface area contributed by atoms with Crippen molar-refractivity contribution in [2.45, 2.75) is 31.8 Å². The first-order chi connectivity index (χ1) is 6.61. The van der Waals surface area contributed by atoms with Crippen molar-refractivity contribution in [3.05, 3.63) is 17.5 Å². The highest BCUT2D eigenvalue weighted by Gasteiger charge is 2.02. The van der Waals surface area contributed by atoms with E-state index in [1.165, 1.54) is 11.8 Å². The molecule has 4 heteroatoms. The second-order valence-corrected chi connectivity index (χ2v) is 3.96. The summed E-state index contributed by atoms with van der Waals surface area (Å²) in [4.78, 5) is 19.4. The second-order valence-electron chi connectivity index (χ2n) is 3.19. The zero-order chi connectivity index (χ0) is 10.6. The van der Waals surface area contributed by atoms with Crippen LogP contribution in [0.3, 0.4) is 0 Å². The smallest absolute Gasteiger partial charge is 0.187 e. The van der Waals surface area contributed by atoms with Gasteiger partial charge >= 0.3 is 0 Å². The van der Waals surface area contributed by atoms with Gasteiger partial charge in [0.25, 0.3) is 0 Å². The third-order valence-electron chi connectivity index (χ3n) is 1.80. The van der Waals surface area contributed by atoms with E-state index < -0.39 is 0 Å². The third kappa shape index (κ3) is 3.46. The summed E-state index contributed by atoms with van der Waals surface area (Å²) in [5.74, 6) is 0.201. The second kappa shape index (κ2) is 5.10. The van der Waals surface area contributed by atoms with E-state index in [1.54, 1.807) is 6.92 Å². The fourth-order valence-corrected chi connectivity index (χ4v) is 1.57. The van der Waals surface area contributed by atoms with Gasteiger partial charge in [-0.05, 0) is 32.6 Å². The fraction of sp³-hybridized carbons (Fsp3) is 0.500. The average Bonchev–Trinajstić information content (AvgIpc) is 2.14. The summed E-state index contributed by atoms with van der Waals surface area (Å²) in [7, 11) is 0. The summed E-state index contributed by atoms with van der Waals surface area (Å²) in [5, 5.41) is 0.781. The van der Waals surface area contributed by atoms with Gasteiger partial charge in [0.15, 0.2) is 5.16 Å². The van der Waals surface area contributed by atoms with Crippen LogP contribution in [0.2, 0.25) is 0 Å². The molecule has 1 rings (SSSR count). The van der Waals surface area contributed by atoms with Crippen molar-refractivity contribution in [1.29, 1.82) is 0 Å². The van der Waals surface area contributed by atoms with Gasteiger partial charge in [-0.1, -0.05) is 11.8 Å². The summed E-state index contributed by atoms with van der Waals surface area (Å²) in [6, 6.07) is 1.93. The highest BCUT2D eigenvalue weighted by molar-refractivity contribution is 7.98. The van der Waals surface area contributed by atoms with Crippen molar-refractivity contribution in [2.75, 3.05) is 6.26 Å². The summed E-state index contributed by atoms with van der Waals surface area (Å²) >= 11 is 1.52. The Kier molecular flexibility index (Phi) is 4.07. The number of carbonyl (C=O) groups excluding carboxylic acids is 1. The number of aromatic nitrogens is 2. The van der Waals surface area contributed by atoms with Gasteiger partial charge in [0.2, 0.25) is 0 Å². The SMILES string of the molecule is CSc1nc(C)cc(CCC(C)=O)n1. The van der Waals surface area contributed by atoms with Crippen molar-refractivity contribution in [3.63, 3.8) is 0 Å². The quantitative estimate of drug-likeness (QED) is 0.563. The van der Waals surface area contributed by atoms with Gasteiger partial charge in [0.05, 0.1) is 0 Å². The maximum absolute atomic E-state index is 10.8. The third-order valence-corrected chi connectivity index (χ3v) is 2.35. The molecular weight excluding hydrogens is 196 g/mol. The molecule has 1 aromatic rings. The Hall–Kier alpha value is -0.900. The van der Waals surface area contributed by atoms with Crippen LogP contribution in [0.1, 0.15) is 24.7 Å². The van der Waals surface area contributed by atoms with Crippen LogP contribution in [0.25, 0.3) is 0 Å². The van der Waals surface area contributed by atoms with Crippen LogP contribution in [-0.2, 0) is 11.2 Å². The van der Waals surface area contributed by atoms with Gasteiger partial charge in [0, 0.05) is 17.8 Å². The molecule has 0 aliphatic carbocycles. The summed E-state index contributed by atoms with van der Waals surface area (Å²) in [5.41, 5.74) is 1.92. The monoisotopic (exact) mass is 210 g/mol. The number of carbonyl (C=O) groups is 1. The van der Waals surface area contributed by atoms with Crippen molar-refractivity contribution < 1.29 is 4.79 Å². The molecule has 0 atom stereocenters. The highest BCUT2D eigenvalue weighted by atomic mass is 32.2. The highest BCUT2D eigenvalue weighted by Crippen LogP contribution is 2.11. The van der Waals surface area contributed by atoms with Crippen LogP contribution < -0.4 is 0 Å². The molecule has 0 saturated heterocycles. The molecule has 0 N–H and O–H groups in total. The molecule has 0 fully saturated rings. The van der Waals surface area contributed by atoms with E-state index in [0.717, 1.165) is 16.5 Å². The van der Waals surface area contributed by atoms with E-state index >= 15 is 0 Å². The predicted molar refractivity (Wildman–Crippen MR) is 57.6 cm³/mol. The van der Waals surface area contributed by atoms with Crippen LogP contribution >= 0.6 is 11.8 Å². The Balaban J connectivity index is 2.76. The van der Waals surface area contributed by atoms with Crippen molar-refractivity contribution in [2.24, 2.45) is 0 Å². The largest absolute Gasteiger partial charge is 0.300 e. The van der Waals surface area contributed by atoms with E-state index in [0.29, 0.717) is 12.8 Å². The summed E-state index contributed by atoms with van der Waals surface area (Å²) in [6.45, 7) is 3.54. The number of thioether (sulfide) groups is 1. The number of hydrogen-bond donors (Lipinski definition) is 0. The van der Waals surface area contributed by atoms with Crippen molar-refractivity contribution in [3.8, 4) is 0 Å². The Morgan fingerprint density at radius 2 is 2.21 bits per heavy atom. The van der Waals surface area contributed by atoms with Crippen LogP contribution in [0.4, 0.5) is 0 Å². The van der Waals surface area contributed by atoms with Crippen LogP contribution in [0.15, 0.2) is 11.2 Å². The van der Waals surface area contributed by atoms with Crippen LogP contribution in [-0.4, -0.2) is 22.0 Å². The van der Waals surface area contributed by atoms with Gasteiger partial charge in [-0.3, -0.25) is 0 Å². The normalized spacial score (nSPS) is 10.2. The molecule has 0 unspecified atom stereocenters. The predicted octanol–water partition coefficient (Wildman–Crippen LogP) is 2.03. The standard InChI is InChI=1S/C10H14N2OS/c1-7-6-9(5-4-8(2)13)12-10(11-7)14-3/h6H,4-5H2,1-3H3. The van der Waals surface area contributed by atoms with Gasteiger partial charge in [-0.25, -0.2) is 9.97 Å². The van der Waals surface area contributed by atoms with Crippen LogP contribution in [0, 0.1) is 6.92 Å². The first kappa shape index (κ1) is 11.2. The molecule has 76 valence electrons. The minimum Gasteiger partial charge on any atom is -0.300 e. The maximum Gasteiger partial charge on any atom is 0.187 e. The lowest BCUT2D eigenvalue weighted by atomic mass is 10.2. The van der Waals surface area contributed by atoms with Gasteiger partial charge in [0.1, 0.15) is 5.78 Å². The lowest BCUT2D eigenvalue weighted by Crippen LogP contribution is -2.00. The molecule has 0 radical (unpaired) electrons. The molecule has 14 heavy (non-hydrogen) atoms. The number of hydrogen-bond acceptors (Lipinski definition) is 4. The van der Waals surface area contributed by atoms with Crippen molar-refractivity contribution >= 4 is 17.5 Å². The van der Waals surface area contributed by atoms with E-state index in [1.807, 2.05) is 19.2 Å². The molecule has 1 heterocycles. The topological polar surface area (TPSA) is 42.9 Å². The molecular formula is C10H14N2OS. The average molecular weight is 210 g/mol. The molecule has 0 saturated carbocycles. The minimum atomic E-state index is 0.201. The Labute approximate surface area is 88.3 Å². The summed E-state index contributed by atoms with van der Waals surface area (Å²) in [6.07, 6.45) is 3.22. The Morgan fingerprint density at radius 3 is 2.79 bits per heavy atom. The lowest BCUT2D eigenvalue weighted by molar-refractivity contribution is -0.116. The molecule has 0 aliphatic rings. The van der Waals surface area contributed by atoms with Crippen LogP contribution in [0.5, 0.6) is 0 Å². The van der Waals surface area contributed by atoms with Gasteiger partial charge in [-0.15, -0.1) is 0 Å². The van der Waals surface area contributed by atoms with E-state index in [9.17, 15) is 4.79 Å². The molecule has 0 aliphatic heterocycles. The van der Waals surface area contributed by atoms with Gasteiger partial charge in [-0.2, -0.15) is 0 Å². The Bertz CT molecular complexity index is 339. The first-order valence-electron chi connectivity index (χ1n) is 4.50. The molecule has 0 amide bonds. The molecule has 0 aromatic carbocycles. The number of ketones is 1. The first-order valence-corrected chi connectivity index (χ1v) is 5.72. The molecule has 0 spiro atoms. The Morgan fingerprint density at radius 1 is 1.50 bits per heavy atom. The zero-order valence-electron chi connectivity index (χ0n) is 8.70. The van der Waals surface area contributed by atoms with E-state index in [2.05, 4.69) is 9.97 Å².